The molecule has 0 bridgehead atoms. The first-order valence-electron chi connectivity index (χ1n) is 10.7. The zero-order chi connectivity index (χ0) is 26.2. The molecule has 0 atom stereocenters. The summed E-state index contributed by atoms with van der Waals surface area (Å²) in [6, 6.07) is 16.4. The number of halogens is 1. The predicted molar refractivity (Wildman–Crippen MR) is 136 cm³/mol. The van der Waals surface area contributed by atoms with E-state index in [1.807, 2.05) is 19.1 Å². The number of benzene rings is 3. The van der Waals surface area contributed by atoms with Gasteiger partial charge in [-0.25, -0.2) is 10.2 Å². The summed E-state index contributed by atoms with van der Waals surface area (Å²) in [4.78, 5) is 36.9. The van der Waals surface area contributed by atoms with Gasteiger partial charge >= 0.3 is 17.8 Å². The van der Waals surface area contributed by atoms with Crippen LogP contribution in [0.3, 0.4) is 0 Å². The minimum atomic E-state index is -0.994. The zero-order valence-electron chi connectivity index (χ0n) is 20.0. The summed E-state index contributed by atoms with van der Waals surface area (Å²) in [6.45, 7) is 3.55. The van der Waals surface area contributed by atoms with E-state index in [0.717, 1.165) is 5.56 Å². The van der Waals surface area contributed by atoms with Crippen LogP contribution in [0.15, 0.2) is 65.8 Å². The van der Waals surface area contributed by atoms with Crippen molar-refractivity contribution in [1.29, 1.82) is 0 Å². The van der Waals surface area contributed by atoms with Crippen LogP contribution in [0.25, 0.3) is 0 Å². The van der Waals surface area contributed by atoms with E-state index in [1.165, 1.54) is 20.3 Å². The molecular weight excluding hydrogens is 486 g/mol. The number of aryl methyl sites for hydroxylation is 1. The minimum absolute atomic E-state index is 0.221. The molecule has 0 saturated carbocycles. The molecular formula is C26H24ClN3O6. The van der Waals surface area contributed by atoms with Crippen molar-refractivity contribution in [2.24, 2.45) is 5.10 Å². The predicted octanol–water partition coefficient (Wildman–Crippen LogP) is 4.36. The van der Waals surface area contributed by atoms with Crippen LogP contribution in [0.5, 0.6) is 17.2 Å². The molecule has 186 valence electrons. The van der Waals surface area contributed by atoms with Crippen LogP contribution in [0.1, 0.15) is 28.4 Å². The van der Waals surface area contributed by atoms with Crippen molar-refractivity contribution in [1.82, 2.24) is 5.43 Å². The molecule has 0 unspecified atom stereocenters. The van der Waals surface area contributed by atoms with E-state index in [0.29, 0.717) is 33.4 Å². The quantitative estimate of drug-likeness (QED) is 0.161. The highest BCUT2D eigenvalue weighted by molar-refractivity contribution is 6.40. The average molecular weight is 510 g/mol. The van der Waals surface area contributed by atoms with Gasteiger partial charge < -0.3 is 19.5 Å². The van der Waals surface area contributed by atoms with Crippen molar-refractivity contribution in [3.63, 3.8) is 0 Å². The molecule has 0 radical (unpaired) electrons. The van der Waals surface area contributed by atoms with Gasteiger partial charge in [0.15, 0.2) is 11.5 Å². The molecule has 0 saturated heterocycles. The number of methoxy groups -OCH3 is 2. The van der Waals surface area contributed by atoms with E-state index in [2.05, 4.69) is 15.8 Å². The van der Waals surface area contributed by atoms with Gasteiger partial charge in [-0.2, -0.15) is 5.10 Å². The van der Waals surface area contributed by atoms with Crippen molar-refractivity contribution < 1.29 is 28.6 Å². The Morgan fingerprint density at radius 3 is 2.11 bits per heavy atom. The lowest BCUT2D eigenvalue weighted by atomic mass is 10.1. The van der Waals surface area contributed by atoms with Gasteiger partial charge in [0.1, 0.15) is 5.75 Å². The van der Waals surface area contributed by atoms with Crippen LogP contribution in [-0.4, -0.2) is 37.7 Å². The molecule has 0 heterocycles. The van der Waals surface area contributed by atoms with Gasteiger partial charge in [-0.3, -0.25) is 9.59 Å². The number of anilines is 1. The van der Waals surface area contributed by atoms with E-state index in [4.69, 9.17) is 25.8 Å². The second-order valence-electron chi connectivity index (χ2n) is 7.56. The zero-order valence-corrected chi connectivity index (χ0v) is 20.8. The van der Waals surface area contributed by atoms with E-state index < -0.39 is 17.8 Å². The summed E-state index contributed by atoms with van der Waals surface area (Å²) in [7, 11) is 2.86. The molecule has 0 aliphatic heterocycles. The van der Waals surface area contributed by atoms with Crippen LogP contribution < -0.4 is 25.0 Å². The number of carbonyl (C=O) groups is 3. The topological polar surface area (TPSA) is 115 Å². The Morgan fingerprint density at radius 2 is 1.44 bits per heavy atom. The number of ether oxygens (including phenoxy) is 3. The lowest BCUT2D eigenvalue weighted by molar-refractivity contribution is -0.136. The second kappa shape index (κ2) is 11.9. The number of nitrogens with zero attached hydrogens (tertiary/aromatic N) is 1. The third kappa shape index (κ3) is 6.61. The Balaban J connectivity index is 1.68. The van der Waals surface area contributed by atoms with Crippen LogP contribution in [-0.2, 0) is 9.59 Å². The molecule has 2 N–H and O–H groups in total. The van der Waals surface area contributed by atoms with Gasteiger partial charge in [-0.1, -0.05) is 29.3 Å². The van der Waals surface area contributed by atoms with Crippen LogP contribution in [0, 0.1) is 6.92 Å². The smallest absolute Gasteiger partial charge is 0.343 e. The highest BCUT2D eigenvalue weighted by Crippen LogP contribution is 2.29. The maximum Gasteiger partial charge on any atom is 0.343 e. The van der Waals surface area contributed by atoms with Crippen molar-refractivity contribution in [2.45, 2.75) is 13.8 Å². The van der Waals surface area contributed by atoms with E-state index in [9.17, 15) is 14.4 Å². The first-order chi connectivity index (χ1) is 17.2. The standard InChI is InChI=1S/C26H24ClN3O6/c1-15-5-7-17(8-6-15)26(33)36-22-11-9-18(13-23(22)35-4)16(2)29-30-25(32)24(31)28-20-14-19(27)10-12-21(20)34-3/h5-14H,1-4H3,(H,28,31)(H,30,32)/b29-16+. The third-order valence-corrected chi connectivity index (χ3v) is 5.25. The molecule has 0 fully saturated rings. The summed E-state index contributed by atoms with van der Waals surface area (Å²) >= 11 is 5.94. The van der Waals surface area contributed by atoms with Gasteiger partial charge in [0.05, 0.1) is 31.2 Å². The van der Waals surface area contributed by atoms with Crippen molar-refractivity contribution in [2.75, 3.05) is 19.5 Å². The molecule has 0 aromatic heterocycles. The Morgan fingerprint density at radius 1 is 0.806 bits per heavy atom. The summed E-state index contributed by atoms with van der Waals surface area (Å²) in [5.74, 6) is -1.62. The number of hydrogen-bond donors (Lipinski definition) is 2. The Bertz CT molecular complexity index is 1320. The molecule has 2 amide bonds. The van der Waals surface area contributed by atoms with Gasteiger partial charge in [0, 0.05) is 10.6 Å². The maximum absolute atomic E-state index is 12.4. The largest absolute Gasteiger partial charge is 0.495 e. The second-order valence-corrected chi connectivity index (χ2v) is 7.99. The van der Waals surface area contributed by atoms with Crippen molar-refractivity contribution >= 4 is 40.8 Å². The van der Waals surface area contributed by atoms with Crippen LogP contribution in [0.4, 0.5) is 5.69 Å². The fourth-order valence-corrected chi connectivity index (χ4v) is 3.20. The summed E-state index contributed by atoms with van der Waals surface area (Å²) < 4.78 is 16.0. The highest BCUT2D eigenvalue weighted by atomic mass is 35.5. The Kier molecular flexibility index (Phi) is 8.64. The molecule has 0 aliphatic carbocycles. The molecule has 3 rings (SSSR count). The van der Waals surface area contributed by atoms with Gasteiger partial charge in [-0.15, -0.1) is 0 Å². The monoisotopic (exact) mass is 509 g/mol. The number of amides is 2. The number of esters is 1. The molecule has 0 spiro atoms. The van der Waals surface area contributed by atoms with Gasteiger partial charge in [0.2, 0.25) is 0 Å². The Hall–Kier alpha value is -4.37. The summed E-state index contributed by atoms with van der Waals surface area (Å²) in [5, 5.41) is 6.77. The van der Waals surface area contributed by atoms with E-state index in [1.54, 1.807) is 49.4 Å². The highest BCUT2D eigenvalue weighted by Gasteiger charge is 2.17. The number of hydrogen-bond acceptors (Lipinski definition) is 7. The van der Waals surface area contributed by atoms with E-state index in [-0.39, 0.29) is 11.4 Å². The average Bonchev–Trinajstić information content (AvgIpc) is 2.87. The molecule has 10 heteroatoms. The molecule has 3 aromatic carbocycles. The minimum Gasteiger partial charge on any atom is -0.495 e. The maximum atomic E-state index is 12.4. The number of nitrogens with one attached hydrogen (secondary N) is 2. The van der Waals surface area contributed by atoms with Gasteiger partial charge in [-0.05, 0) is 62.4 Å². The first-order valence-corrected chi connectivity index (χ1v) is 11.1. The molecule has 3 aromatic rings. The summed E-state index contributed by atoms with van der Waals surface area (Å²) in [5.41, 5.74) is 4.82. The fourth-order valence-electron chi connectivity index (χ4n) is 3.03. The SMILES string of the molecule is COc1ccc(Cl)cc1NC(=O)C(=O)N/N=C(\C)c1ccc(OC(=O)c2ccc(C)cc2)c(OC)c1. The lowest BCUT2D eigenvalue weighted by Gasteiger charge is -2.11. The number of carbonyl (C=O) groups excluding carboxylic acids is 3. The summed E-state index contributed by atoms with van der Waals surface area (Å²) in [6.07, 6.45) is 0. The number of rotatable bonds is 7. The van der Waals surface area contributed by atoms with E-state index >= 15 is 0 Å². The molecule has 9 nitrogen and oxygen atoms in total. The van der Waals surface area contributed by atoms with Crippen molar-refractivity contribution in [3.8, 4) is 17.2 Å². The van der Waals surface area contributed by atoms with Crippen molar-refractivity contribution in [3.05, 3.63) is 82.4 Å². The fraction of sp³-hybridized carbons (Fsp3) is 0.154. The molecule has 0 aliphatic rings. The number of hydrazone groups is 1. The van der Waals surface area contributed by atoms with Crippen LogP contribution >= 0.6 is 11.6 Å². The van der Waals surface area contributed by atoms with Crippen LogP contribution in [0.2, 0.25) is 5.02 Å². The van der Waals surface area contributed by atoms with Gasteiger partial charge in [0.25, 0.3) is 0 Å². The lowest BCUT2D eigenvalue weighted by Crippen LogP contribution is -2.33. The molecule has 36 heavy (non-hydrogen) atoms. The third-order valence-electron chi connectivity index (χ3n) is 5.01. The first kappa shape index (κ1) is 26.2. The normalized spacial score (nSPS) is 10.9. The Labute approximate surface area is 213 Å².